The molecule has 3 N–H and O–H groups in total. The van der Waals surface area contributed by atoms with Gasteiger partial charge in [-0.2, -0.15) is 0 Å². The highest BCUT2D eigenvalue weighted by Gasteiger charge is 2.06. The minimum atomic E-state index is -0.548. The molecule has 0 aliphatic heterocycles. The highest BCUT2D eigenvalue weighted by molar-refractivity contribution is 5.99. The van der Waals surface area contributed by atoms with Crippen molar-refractivity contribution in [2.45, 2.75) is 0 Å². The molecule has 1 aromatic carbocycles. The molecule has 0 aliphatic carbocycles. The van der Waals surface area contributed by atoms with Gasteiger partial charge in [0.05, 0.1) is 0 Å². The zero-order chi connectivity index (χ0) is 11.3. The fraction of sp³-hybridized carbons (Fsp3) is 0.0909. The number of hydrogen-bond acceptors (Lipinski definition) is 2. The Kier molecular flexibility index (Phi) is 3.62. The Morgan fingerprint density at radius 3 is 2.67 bits per heavy atom. The average Bonchev–Trinajstić information content (AvgIpc) is 2.26. The molecule has 0 bridgehead atoms. The maximum Gasteiger partial charge on any atom is 0.251 e. The molecular weight excluding hydrogens is 192 g/mol. The Morgan fingerprint density at radius 1 is 1.40 bits per heavy atom. The van der Waals surface area contributed by atoms with Gasteiger partial charge in [-0.05, 0) is 18.2 Å². The lowest BCUT2D eigenvalue weighted by Crippen LogP contribution is -2.23. The van der Waals surface area contributed by atoms with Crippen molar-refractivity contribution < 1.29 is 9.59 Å². The lowest BCUT2D eigenvalue weighted by atomic mass is 10.1. The third kappa shape index (κ3) is 2.95. The number of carbonyl (C=O) groups excluding carboxylic acids is 2. The summed E-state index contributed by atoms with van der Waals surface area (Å²) in [7, 11) is 0. The van der Waals surface area contributed by atoms with Crippen LogP contribution in [0.25, 0.3) is 0 Å². The SMILES string of the molecule is C=CCNC(=O)c1cccc(C(N)=O)c1. The number of amides is 2. The van der Waals surface area contributed by atoms with Gasteiger partial charge in [0.1, 0.15) is 0 Å². The Labute approximate surface area is 87.8 Å². The second kappa shape index (κ2) is 4.95. The fourth-order valence-corrected chi connectivity index (χ4v) is 1.08. The van der Waals surface area contributed by atoms with E-state index in [-0.39, 0.29) is 5.91 Å². The smallest absolute Gasteiger partial charge is 0.251 e. The summed E-state index contributed by atoms with van der Waals surface area (Å²) >= 11 is 0. The Balaban J connectivity index is 2.85. The van der Waals surface area contributed by atoms with Gasteiger partial charge in [-0.3, -0.25) is 9.59 Å². The molecule has 0 saturated heterocycles. The molecule has 78 valence electrons. The Hall–Kier alpha value is -2.10. The van der Waals surface area contributed by atoms with Crippen LogP contribution in [0.3, 0.4) is 0 Å². The molecule has 0 radical (unpaired) electrons. The van der Waals surface area contributed by atoms with Gasteiger partial charge in [0.15, 0.2) is 0 Å². The molecule has 0 heterocycles. The molecular formula is C11H12N2O2. The molecule has 0 unspecified atom stereocenters. The topological polar surface area (TPSA) is 72.2 Å². The molecule has 0 aromatic heterocycles. The summed E-state index contributed by atoms with van der Waals surface area (Å²) in [4.78, 5) is 22.3. The standard InChI is InChI=1S/C11H12N2O2/c1-2-6-13-11(15)9-5-3-4-8(7-9)10(12)14/h2-5,7H,1,6H2,(H2,12,14)(H,13,15). The van der Waals surface area contributed by atoms with Crippen LogP contribution in [0, 0.1) is 0 Å². The van der Waals surface area contributed by atoms with Crippen molar-refractivity contribution >= 4 is 11.8 Å². The van der Waals surface area contributed by atoms with Gasteiger partial charge < -0.3 is 11.1 Å². The molecule has 4 heteroatoms. The number of benzene rings is 1. The molecule has 2 amide bonds. The van der Waals surface area contributed by atoms with E-state index in [4.69, 9.17) is 5.73 Å². The normalized spacial score (nSPS) is 9.33. The van der Waals surface area contributed by atoms with E-state index in [2.05, 4.69) is 11.9 Å². The van der Waals surface area contributed by atoms with Gasteiger partial charge in [0.25, 0.3) is 5.91 Å². The van der Waals surface area contributed by atoms with E-state index in [1.54, 1.807) is 24.3 Å². The zero-order valence-corrected chi connectivity index (χ0v) is 8.19. The lowest BCUT2D eigenvalue weighted by Gasteiger charge is -2.03. The molecule has 15 heavy (non-hydrogen) atoms. The van der Waals surface area contributed by atoms with E-state index in [9.17, 15) is 9.59 Å². The van der Waals surface area contributed by atoms with E-state index in [0.29, 0.717) is 17.7 Å². The number of rotatable bonds is 4. The first-order valence-corrected chi connectivity index (χ1v) is 4.44. The van der Waals surface area contributed by atoms with Gasteiger partial charge >= 0.3 is 0 Å². The summed E-state index contributed by atoms with van der Waals surface area (Å²) in [5.74, 6) is -0.800. The number of carbonyl (C=O) groups is 2. The van der Waals surface area contributed by atoms with Crippen molar-refractivity contribution in [2.24, 2.45) is 5.73 Å². The van der Waals surface area contributed by atoms with E-state index < -0.39 is 5.91 Å². The number of primary amides is 1. The summed E-state index contributed by atoms with van der Waals surface area (Å²) in [6.07, 6.45) is 1.58. The Bertz CT molecular complexity index is 399. The second-order valence-corrected chi connectivity index (χ2v) is 2.94. The molecule has 1 rings (SSSR count). The largest absolute Gasteiger partial charge is 0.366 e. The van der Waals surface area contributed by atoms with Crippen molar-refractivity contribution in [2.75, 3.05) is 6.54 Å². The van der Waals surface area contributed by atoms with Crippen LogP contribution < -0.4 is 11.1 Å². The number of hydrogen-bond donors (Lipinski definition) is 2. The fourth-order valence-electron chi connectivity index (χ4n) is 1.08. The molecule has 4 nitrogen and oxygen atoms in total. The van der Waals surface area contributed by atoms with E-state index in [0.717, 1.165) is 0 Å². The predicted molar refractivity (Wildman–Crippen MR) is 57.5 cm³/mol. The van der Waals surface area contributed by atoms with Crippen LogP contribution in [-0.2, 0) is 0 Å². The first-order chi connectivity index (χ1) is 7.15. The molecule has 0 atom stereocenters. The summed E-state index contributed by atoms with van der Waals surface area (Å²) in [5.41, 5.74) is 5.83. The van der Waals surface area contributed by atoms with Gasteiger partial charge in [-0.25, -0.2) is 0 Å². The van der Waals surface area contributed by atoms with Crippen molar-refractivity contribution in [3.8, 4) is 0 Å². The molecule has 0 saturated carbocycles. The van der Waals surface area contributed by atoms with Crippen LogP contribution in [-0.4, -0.2) is 18.4 Å². The molecule has 1 aromatic rings. The van der Waals surface area contributed by atoms with Crippen LogP contribution in [0.5, 0.6) is 0 Å². The highest BCUT2D eigenvalue weighted by Crippen LogP contribution is 2.04. The minimum absolute atomic E-state index is 0.252. The summed E-state index contributed by atoms with van der Waals surface area (Å²) in [6, 6.07) is 6.25. The quantitative estimate of drug-likeness (QED) is 0.708. The second-order valence-electron chi connectivity index (χ2n) is 2.94. The predicted octanol–water partition coefficient (Wildman–Crippen LogP) is 0.701. The number of nitrogens with two attached hydrogens (primary N) is 1. The van der Waals surface area contributed by atoms with E-state index >= 15 is 0 Å². The molecule has 0 spiro atoms. The van der Waals surface area contributed by atoms with Crippen molar-refractivity contribution in [1.82, 2.24) is 5.32 Å². The zero-order valence-electron chi connectivity index (χ0n) is 8.19. The van der Waals surface area contributed by atoms with Crippen molar-refractivity contribution in [3.63, 3.8) is 0 Å². The summed E-state index contributed by atoms with van der Waals surface area (Å²) < 4.78 is 0. The lowest BCUT2D eigenvalue weighted by molar-refractivity contribution is 0.0958. The molecule has 0 fully saturated rings. The number of nitrogens with one attached hydrogen (secondary N) is 1. The third-order valence-electron chi connectivity index (χ3n) is 1.82. The van der Waals surface area contributed by atoms with Crippen molar-refractivity contribution in [3.05, 3.63) is 48.0 Å². The maximum atomic E-state index is 11.5. The first kappa shape index (κ1) is 11.0. The van der Waals surface area contributed by atoms with Gasteiger partial charge in [-0.15, -0.1) is 6.58 Å². The van der Waals surface area contributed by atoms with E-state index in [1.165, 1.54) is 6.07 Å². The summed E-state index contributed by atoms with van der Waals surface area (Å²) in [6.45, 7) is 3.87. The van der Waals surface area contributed by atoms with Gasteiger partial charge in [-0.1, -0.05) is 12.1 Å². The molecule has 0 aliphatic rings. The van der Waals surface area contributed by atoms with Crippen molar-refractivity contribution in [1.29, 1.82) is 0 Å². The first-order valence-electron chi connectivity index (χ1n) is 4.44. The highest BCUT2D eigenvalue weighted by atomic mass is 16.2. The van der Waals surface area contributed by atoms with Crippen LogP contribution in [0.1, 0.15) is 20.7 Å². The van der Waals surface area contributed by atoms with Gasteiger partial charge in [0, 0.05) is 17.7 Å². The minimum Gasteiger partial charge on any atom is -0.366 e. The van der Waals surface area contributed by atoms with E-state index in [1.807, 2.05) is 0 Å². The third-order valence-corrected chi connectivity index (χ3v) is 1.82. The Morgan fingerprint density at radius 2 is 2.07 bits per heavy atom. The van der Waals surface area contributed by atoms with Gasteiger partial charge in [0.2, 0.25) is 5.91 Å². The maximum absolute atomic E-state index is 11.5. The van der Waals surface area contributed by atoms with Crippen LogP contribution in [0.2, 0.25) is 0 Å². The van der Waals surface area contributed by atoms with Crippen LogP contribution in [0.15, 0.2) is 36.9 Å². The van der Waals surface area contributed by atoms with Crippen LogP contribution in [0.4, 0.5) is 0 Å². The average molecular weight is 204 g/mol. The monoisotopic (exact) mass is 204 g/mol. The summed E-state index contributed by atoms with van der Waals surface area (Å²) in [5, 5.41) is 2.61. The van der Waals surface area contributed by atoms with Crippen LogP contribution >= 0.6 is 0 Å².